The number of carbonyl (C=O) groups excluding carboxylic acids is 1. The van der Waals surface area contributed by atoms with Crippen LogP contribution in [0.4, 0.5) is 34.1 Å². The van der Waals surface area contributed by atoms with Crippen molar-refractivity contribution >= 4 is 45.6 Å². The lowest BCUT2D eigenvalue weighted by molar-refractivity contribution is -0.393. The number of Topliss-reactive ketones (excluding diaryl/α,β-unsaturated/α-hetero) is 1. The van der Waals surface area contributed by atoms with Crippen molar-refractivity contribution in [1.82, 2.24) is 0 Å². The molecule has 2 N–H and O–H groups in total. The van der Waals surface area contributed by atoms with Gasteiger partial charge in [-0.25, -0.2) is 0 Å². The van der Waals surface area contributed by atoms with Crippen LogP contribution in [0, 0.1) is 46.4 Å². The van der Waals surface area contributed by atoms with Gasteiger partial charge >= 0.3 is 11.4 Å². The van der Waals surface area contributed by atoms with Crippen LogP contribution in [-0.2, 0) is 14.3 Å². The minimum atomic E-state index is -1.95. The molecule has 20 heteroatoms. The number of methoxy groups -OCH3 is 2. The molecule has 0 fully saturated rings. The molecule has 0 amide bonds. The molecule has 0 bridgehead atoms. The summed E-state index contributed by atoms with van der Waals surface area (Å²) in [5, 5.41) is 68.3. The van der Waals surface area contributed by atoms with E-state index in [0.717, 1.165) is 24.3 Å². The van der Waals surface area contributed by atoms with E-state index in [4.69, 9.17) is 9.47 Å². The highest BCUT2D eigenvalue weighted by Gasteiger charge is 2.47. The fourth-order valence-corrected chi connectivity index (χ4v) is 4.56. The van der Waals surface area contributed by atoms with Gasteiger partial charge in [-0.05, 0) is 24.3 Å². The first-order valence-corrected chi connectivity index (χ1v) is 13.1. The highest BCUT2D eigenvalue weighted by Crippen LogP contribution is 2.40. The van der Waals surface area contributed by atoms with Gasteiger partial charge in [-0.1, -0.05) is 24.3 Å². The lowest BCUT2D eigenvalue weighted by atomic mass is 9.81. The molecule has 20 nitrogen and oxygen atoms in total. The highest BCUT2D eigenvalue weighted by atomic mass is 16.7. The monoisotopic (exact) mass is 650 g/mol. The number of anilines is 1. The number of ketones is 1. The fourth-order valence-electron chi connectivity index (χ4n) is 4.56. The quantitative estimate of drug-likeness (QED) is 0.0853. The van der Waals surface area contributed by atoms with Crippen molar-refractivity contribution < 1.29 is 39.1 Å². The van der Waals surface area contributed by atoms with Gasteiger partial charge in [0, 0.05) is 31.9 Å². The van der Waals surface area contributed by atoms with Crippen molar-refractivity contribution in [3.8, 4) is 5.75 Å². The number of hydrazone groups is 1. The third-order valence-electron chi connectivity index (χ3n) is 6.92. The average Bonchev–Trinajstić information content (AvgIpc) is 3.05. The Balaban J connectivity index is 1.84. The molecule has 1 aliphatic carbocycles. The molecule has 242 valence electrons. The van der Waals surface area contributed by atoms with Gasteiger partial charge in [0.25, 0.3) is 11.4 Å². The largest absolute Gasteiger partial charge is 0.508 e. The molecule has 0 radical (unpaired) electrons. The second kappa shape index (κ2) is 13.6. The van der Waals surface area contributed by atoms with Gasteiger partial charge in [0.15, 0.2) is 17.2 Å². The molecule has 0 aromatic heterocycles. The lowest BCUT2D eigenvalue weighted by Crippen LogP contribution is -2.50. The third-order valence-corrected chi connectivity index (χ3v) is 6.92. The van der Waals surface area contributed by atoms with E-state index in [9.17, 15) is 50.4 Å². The molecule has 47 heavy (non-hydrogen) atoms. The third kappa shape index (κ3) is 6.77. The number of hydrogen-bond acceptors (Lipinski definition) is 16. The minimum Gasteiger partial charge on any atom is -0.508 e. The van der Waals surface area contributed by atoms with Crippen LogP contribution in [0.5, 0.6) is 5.75 Å². The molecular formula is C27H22N8O12. The summed E-state index contributed by atoms with van der Waals surface area (Å²) in [7, 11) is 2.36. The van der Waals surface area contributed by atoms with Crippen LogP contribution in [0.2, 0.25) is 0 Å². The SMILES string of the molecule is COC1(OC)C=CC(C(N=Nc2ccc([N+](=O)[O-])cc2[N+](=O)[O-])c2ccccc2O)C(=O)C1=NNc1ccc([N+](=O)[O-])cc1[N+](=O)[O-]. The Labute approximate surface area is 262 Å². The number of azo groups is 1. The van der Waals surface area contributed by atoms with Gasteiger partial charge in [-0.3, -0.25) is 50.7 Å². The summed E-state index contributed by atoms with van der Waals surface area (Å²) < 4.78 is 10.9. The van der Waals surface area contributed by atoms with Gasteiger partial charge < -0.3 is 14.6 Å². The van der Waals surface area contributed by atoms with Crippen LogP contribution < -0.4 is 5.43 Å². The summed E-state index contributed by atoms with van der Waals surface area (Å²) in [6.07, 6.45) is 2.59. The van der Waals surface area contributed by atoms with Crippen molar-refractivity contribution in [2.45, 2.75) is 11.8 Å². The zero-order valence-corrected chi connectivity index (χ0v) is 24.2. The zero-order chi connectivity index (χ0) is 34.5. The lowest BCUT2D eigenvalue weighted by Gasteiger charge is -2.34. The zero-order valence-electron chi connectivity index (χ0n) is 24.2. The molecule has 2 atom stereocenters. The summed E-state index contributed by atoms with van der Waals surface area (Å²) in [5.74, 6) is -4.49. The van der Waals surface area contributed by atoms with Crippen molar-refractivity contribution in [3.63, 3.8) is 0 Å². The van der Waals surface area contributed by atoms with Crippen molar-refractivity contribution in [2.75, 3.05) is 19.6 Å². The van der Waals surface area contributed by atoms with E-state index in [2.05, 4.69) is 20.8 Å². The number of hydrogen-bond donors (Lipinski definition) is 2. The predicted molar refractivity (Wildman–Crippen MR) is 160 cm³/mol. The molecule has 0 spiro atoms. The predicted octanol–water partition coefficient (Wildman–Crippen LogP) is 5.06. The molecular weight excluding hydrogens is 628 g/mol. The maximum absolute atomic E-state index is 14.1. The molecule has 2 unspecified atom stereocenters. The molecule has 3 aromatic carbocycles. The molecule has 0 heterocycles. The number of ether oxygens (including phenoxy) is 2. The topological polar surface area (TPSA) is 277 Å². The molecule has 3 aromatic rings. The Kier molecular flexibility index (Phi) is 9.67. The maximum Gasteiger partial charge on any atom is 0.303 e. The standard InChI is InChI=1S/C27H22N8O12/c1-46-27(47-2)12-11-18(25(37)26(27)31-29-20-10-8-16(33(40)41)14-22(20)35(44)45)24(17-5-3-4-6-23(17)36)30-28-19-9-7-15(32(38)39)13-21(19)34(42)43/h3-14,18,24,29,36H,1-2H3. The molecule has 0 saturated heterocycles. The number of benzene rings is 3. The average molecular weight is 651 g/mol. The maximum atomic E-state index is 14.1. The fraction of sp³-hybridized carbons (Fsp3) is 0.185. The Bertz CT molecular complexity index is 1870. The Morgan fingerprint density at radius 3 is 2.02 bits per heavy atom. The van der Waals surface area contributed by atoms with E-state index in [0.29, 0.717) is 12.1 Å². The Morgan fingerprint density at radius 2 is 1.45 bits per heavy atom. The summed E-state index contributed by atoms with van der Waals surface area (Å²) in [6, 6.07) is 9.66. The first kappa shape index (κ1) is 33.4. The highest BCUT2D eigenvalue weighted by molar-refractivity contribution is 6.45. The number of phenolic OH excluding ortho intramolecular Hbond substituents is 1. The molecule has 0 aliphatic heterocycles. The van der Waals surface area contributed by atoms with E-state index >= 15 is 0 Å². The van der Waals surface area contributed by atoms with Crippen molar-refractivity contribution in [2.24, 2.45) is 21.2 Å². The van der Waals surface area contributed by atoms with Crippen molar-refractivity contribution in [1.29, 1.82) is 0 Å². The van der Waals surface area contributed by atoms with Gasteiger partial charge in [-0.2, -0.15) is 10.2 Å². The second-order valence-corrected chi connectivity index (χ2v) is 9.52. The number of nitrogens with one attached hydrogen (secondary N) is 1. The number of rotatable bonds is 12. The van der Waals surface area contributed by atoms with Crippen LogP contribution in [0.15, 0.2) is 88.1 Å². The first-order valence-electron chi connectivity index (χ1n) is 13.1. The number of aromatic hydroxyl groups is 1. The van der Waals surface area contributed by atoms with Gasteiger partial charge in [0.2, 0.25) is 5.79 Å². The van der Waals surface area contributed by atoms with Gasteiger partial charge in [0.05, 0.1) is 37.7 Å². The summed E-state index contributed by atoms with van der Waals surface area (Å²) in [5.41, 5.74) is -1.43. The summed E-state index contributed by atoms with van der Waals surface area (Å²) >= 11 is 0. The van der Waals surface area contributed by atoms with Crippen molar-refractivity contribution in [3.05, 3.63) is 119 Å². The number of nitro groups is 4. The van der Waals surface area contributed by atoms with E-state index in [1.807, 2.05) is 0 Å². The van der Waals surface area contributed by atoms with E-state index in [1.54, 1.807) is 0 Å². The molecule has 0 saturated carbocycles. The van der Waals surface area contributed by atoms with Crippen LogP contribution in [0.25, 0.3) is 0 Å². The van der Waals surface area contributed by atoms with Crippen LogP contribution in [0.3, 0.4) is 0 Å². The number of para-hydroxylation sites is 1. The summed E-state index contributed by atoms with van der Waals surface area (Å²) in [4.78, 5) is 56.2. The molecule has 4 rings (SSSR count). The van der Waals surface area contributed by atoms with Gasteiger partial charge in [0.1, 0.15) is 17.5 Å². The number of non-ortho nitro benzene ring substituents is 2. The Morgan fingerprint density at radius 1 is 0.851 bits per heavy atom. The Hall–Kier alpha value is -6.54. The number of phenols is 1. The van der Waals surface area contributed by atoms with Gasteiger partial charge in [-0.15, -0.1) is 5.11 Å². The van der Waals surface area contributed by atoms with Crippen LogP contribution in [0.1, 0.15) is 11.6 Å². The number of carbonyl (C=O) groups is 1. The normalized spacial score (nSPS) is 17.0. The van der Waals surface area contributed by atoms with Crippen LogP contribution >= 0.6 is 0 Å². The van der Waals surface area contributed by atoms with E-state index in [1.165, 1.54) is 50.6 Å². The molecule has 1 aliphatic rings. The van der Waals surface area contributed by atoms with Crippen LogP contribution in [-0.4, -0.2) is 56.3 Å². The minimum absolute atomic E-state index is 0.0458. The second-order valence-electron chi connectivity index (χ2n) is 9.52. The number of nitro benzene ring substituents is 4. The first-order chi connectivity index (χ1) is 22.3. The van der Waals surface area contributed by atoms with E-state index < -0.39 is 77.4 Å². The summed E-state index contributed by atoms with van der Waals surface area (Å²) in [6.45, 7) is 0. The smallest absolute Gasteiger partial charge is 0.303 e. The van der Waals surface area contributed by atoms with E-state index in [-0.39, 0.29) is 17.0 Å². The number of nitrogens with zero attached hydrogens (tertiary/aromatic N) is 7.